The van der Waals surface area contributed by atoms with Crippen molar-refractivity contribution in [3.63, 3.8) is 0 Å². The standard InChI is InChI=1S/C19H22N2O2S2/c1-13(17-9-6-10-24-17)21(2)11-14-12-25-19(20-14)15-7-5-8-16(22-3)18(15)23-4/h5-10,12-13H,11H2,1-4H3. The molecule has 3 rings (SSSR count). The average Bonchev–Trinajstić information content (AvgIpc) is 3.32. The zero-order valence-electron chi connectivity index (χ0n) is 14.9. The van der Waals surface area contributed by atoms with Gasteiger partial charge in [0.15, 0.2) is 11.5 Å². The van der Waals surface area contributed by atoms with Crippen molar-refractivity contribution >= 4 is 22.7 Å². The molecule has 1 aromatic carbocycles. The number of rotatable bonds is 7. The van der Waals surface area contributed by atoms with Gasteiger partial charge in [-0.15, -0.1) is 22.7 Å². The van der Waals surface area contributed by atoms with Gasteiger partial charge in [0.05, 0.1) is 25.5 Å². The SMILES string of the molecule is COc1cccc(-c2nc(CN(C)C(C)c3cccs3)cs2)c1OC. The first-order chi connectivity index (χ1) is 12.1. The summed E-state index contributed by atoms with van der Waals surface area (Å²) in [6, 6.07) is 10.5. The zero-order chi connectivity index (χ0) is 17.8. The summed E-state index contributed by atoms with van der Waals surface area (Å²) in [6.45, 7) is 3.03. The highest BCUT2D eigenvalue weighted by molar-refractivity contribution is 7.13. The van der Waals surface area contributed by atoms with E-state index in [2.05, 4.69) is 41.8 Å². The summed E-state index contributed by atoms with van der Waals surface area (Å²) in [5, 5.41) is 5.18. The highest BCUT2D eigenvalue weighted by Crippen LogP contribution is 2.39. The number of aromatic nitrogens is 1. The lowest BCUT2D eigenvalue weighted by Gasteiger charge is -2.22. The lowest BCUT2D eigenvalue weighted by Crippen LogP contribution is -2.21. The highest BCUT2D eigenvalue weighted by atomic mass is 32.1. The first-order valence-electron chi connectivity index (χ1n) is 8.03. The van der Waals surface area contributed by atoms with Gasteiger partial charge in [-0.3, -0.25) is 4.90 Å². The first kappa shape index (κ1) is 17.9. The molecule has 0 saturated carbocycles. The molecule has 0 radical (unpaired) electrons. The lowest BCUT2D eigenvalue weighted by atomic mass is 10.2. The molecule has 0 fully saturated rings. The second-order valence-electron chi connectivity index (χ2n) is 5.79. The Morgan fingerprint density at radius 1 is 1.12 bits per heavy atom. The Morgan fingerprint density at radius 3 is 2.64 bits per heavy atom. The van der Waals surface area contributed by atoms with Gasteiger partial charge in [0.1, 0.15) is 5.01 Å². The molecule has 1 unspecified atom stereocenters. The van der Waals surface area contributed by atoms with E-state index in [1.54, 1.807) is 36.9 Å². The molecule has 0 N–H and O–H groups in total. The second kappa shape index (κ2) is 7.99. The largest absolute Gasteiger partial charge is 0.493 e. The summed E-state index contributed by atoms with van der Waals surface area (Å²) < 4.78 is 10.9. The predicted octanol–water partition coefficient (Wildman–Crippen LogP) is 5.08. The second-order valence-corrected chi connectivity index (χ2v) is 7.63. The van der Waals surface area contributed by atoms with E-state index >= 15 is 0 Å². The van der Waals surface area contributed by atoms with Gasteiger partial charge in [0, 0.05) is 22.8 Å². The molecule has 0 bridgehead atoms. The normalized spacial score (nSPS) is 12.4. The number of para-hydroxylation sites is 1. The fraction of sp³-hybridized carbons (Fsp3) is 0.316. The summed E-state index contributed by atoms with van der Waals surface area (Å²) in [5.74, 6) is 1.45. The number of benzene rings is 1. The summed E-state index contributed by atoms with van der Waals surface area (Å²) >= 11 is 3.42. The Balaban J connectivity index is 1.79. The average molecular weight is 375 g/mol. The maximum absolute atomic E-state index is 5.53. The summed E-state index contributed by atoms with van der Waals surface area (Å²) in [5.41, 5.74) is 2.03. The van der Waals surface area contributed by atoms with Crippen LogP contribution in [-0.2, 0) is 6.54 Å². The molecular formula is C19H22N2O2S2. The first-order valence-corrected chi connectivity index (χ1v) is 9.79. The Hall–Kier alpha value is -1.89. The molecule has 0 aliphatic heterocycles. The Kier molecular flexibility index (Phi) is 5.73. The number of methoxy groups -OCH3 is 2. The van der Waals surface area contributed by atoms with Crippen LogP contribution in [0, 0.1) is 0 Å². The van der Waals surface area contributed by atoms with Crippen LogP contribution in [0.5, 0.6) is 11.5 Å². The van der Waals surface area contributed by atoms with Gasteiger partial charge in [-0.2, -0.15) is 0 Å². The Morgan fingerprint density at radius 2 is 1.96 bits per heavy atom. The minimum Gasteiger partial charge on any atom is -0.493 e. The van der Waals surface area contributed by atoms with Crippen LogP contribution in [0.4, 0.5) is 0 Å². The van der Waals surface area contributed by atoms with Crippen molar-refractivity contribution in [2.45, 2.75) is 19.5 Å². The number of ether oxygens (including phenoxy) is 2. The van der Waals surface area contributed by atoms with Crippen molar-refractivity contribution in [2.24, 2.45) is 0 Å². The van der Waals surface area contributed by atoms with Crippen LogP contribution in [0.2, 0.25) is 0 Å². The maximum Gasteiger partial charge on any atom is 0.170 e. The molecule has 25 heavy (non-hydrogen) atoms. The summed E-state index contributed by atoms with van der Waals surface area (Å²) in [4.78, 5) is 8.49. The van der Waals surface area contributed by atoms with E-state index in [1.807, 2.05) is 18.2 Å². The number of hydrogen-bond acceptors (Lipinski definition) is 6. The third-order valence-electron chi connectivity index (χ3n) is 4.21. The van der Waals surface area contributed by atoms with Gasteiger partial charge in [-0.1, -0.05) is 12.1 Å². The van der Waals surface area contributed by atoms with Crippen LogP contribution in [0.25, 0.3) is 10.6 Å². The van der Waals surface area contributed by atoms with Gasteiger partial charge in [-0.25, -0.2) is 4.98 Å². The van der Waals surface area contributed by atoms with E-state index in [1.165, 1.54) is 4.88 Å². The van der Waals surface area contributed by atoms with Crippen LogP contribution in [-0.4, -0.2) is 31.2 Å². The Labute approximate surface area is 156 Å². The molecule has 2 aromatic heterocycles. The quantitative estimate of drug-likeness (QED) is 0.577. The van der Waals surface area contributed by atoms with Crippen molar-refractivity contribution in [1.29, 1.82) is 0 Å². The topological polar surface area (TPSA) is 34.6 Å². The van der Waals surface area contributed by atoms with Crippen molar-refractivity contribution in [3.8, 4) is 22.1 Å². The monoisotopic (exact) mass is 374 g/mol. The number of nitrogens with zero attached hydrogens (tertiary/aromatic N) is 2. The molecule has 4 nitrogen and oxygen atoms in total. The van der Waals surface area contributed by atoms with Crippen molar-refractivity contribution in [3.05, 3.63) is 51.7 Å². The number of thiazole rings is 1. The van der Waals surface area contributed by atoms with Crippen molar-refractivity contribution in [2.75, 3.05) is 21.3 Å². The van der Waals surface area contributed by atoms with Crippen LogP contribution < -0.4 is 9.47 Å². The van der Waals surface area contributed by atoms with Crippen molar-refractivity contribution in [1.82, 2.24) is 9.88 Å². The fourth-order valence-corrected chi connectivity index (χ4v) is 4.38. The van der Waals surface area contributed by atoms with E-state index in [0.29, 0.717) is 6.04 Å². The van der Waals surface area contributed by atoms with Gasteiger partial charge in [-0.05, 0) is 37.6 Å². The van der Waals surface area contributed by atoms with Crippen LogP contribution in [0.3, 0.4) is 0 Å². The van der Waals surface area contributed by atoms with E-state index in [9.17, 15) is 0 Å². The van der Waals surface area contributed by atoms with Crippen LogP contribution in [0.15, 0.2) is 41.1 Å². The third-order valence-corrected chi connectivity index (χ3v) is 6.18. The molecule has 0 saturated heterocycles. The predicted molar refractivity (Wildman–Crippen MR) is 105 cm³/mol. The van der Waals surface area contributed by atoms with Gasteiger partial charge in [0.25, 0.3) is 0 Å². The fourth-order valence-electron chi connectivity index (χ4n) is 2.70. The molecule has 6 heteroatoms. The van der Waals surface area contributed by atoms with Gasteiger partial charge in [0.2, 0.25) is 0 Å². The van der Waals surface area contributed by atoms with E-state index in [-0.39, 0.29) is 0 Å². The molecule has 0 amide bonds. The van der Waals surface area contributed by atoms with E-state index < -0.39 is 0 Å². The Bertz CT molecular complexity index is 815. The van der Waals surface area contributed by atoms with E-state index in [0.717, 1.165) is 34.3 Å². The molecule has 0 aliphatic carbocycles. The maximum atomic E-state index is 5.53. The molecular weight excluding hydrogens is 352 g/mol. The highest BCUT2D eigenvalue weighted by Gasteiger charge is 2.17. The molecule has 0 spiro atoms. The van der Waals surface area contributed by atoms with Crippen LogP contribution >= 0.6 is 22.7 Å². The molecule has 132 valence electrons. The molecule has 2 heterocycles. The molecule has 0 aliphatic rings. The summed E-state index contributed by atoms with van der Waals surface area (Å²) in [6.07, 6.45) is 0. The third kappa shape index (κ3) is 3.86. The van der Waals surface area contributed by atoms with Crippen molar-refractivity contribution < 1.29 is 9.47 Å². The smallest absolute Gasteiger partial charge is 0.170 e. The minimum atomic E-state index is 0.372. The van der Waals surface area contributed by atoms with Gasteiger partial charge < -0.3 is 9.47 Å². The molecule has 3 aromatic rings. The van der Waals surface area contributed by atoms with Gasteiger partial charge >= 0.3 is 0 Å². The summed E-state index contributed by atoms with van der Waals surface area (Å²) in [7, 11) is 5.44. The minimum absolute atomic E-state index is 0.372. The van der Waals surface area contributed by atoms with Crippen LogP contribution in [0.1, 0.15) is 23.5 Å². The van der Waals surface area contributed by atoms with E-state index in [4.69, 9.17) is 14.5 Å². The lowest BCUT2D eigenvalue weighted by molar-refractivity contribution is 0.254. The number of hydrogen-bond donors (Lipinski definition) is 0. The molecule has 1 atom stereocenters. The zero-order valence-corrected chi connectivity index (χ0v) is 16.5. The number of thiophene rings is 1.